The van der Waals surface area contributed by atoms with Crippen molar-refractivity contribution >= 4 is 22.8 Å². The van der Waals surface area contributed by atoms with Gasteiger partial charge in [-0.25, -0.2) is 4.98 Å². The van der Waals surface area contributed by atoms with Gasteiger partial charge in [0.25, 0.3) is 5.91 Å². The minimum absolute atomic E-state index is 0.0720. The molecule has 2 N–H and O–H groups in total. The van der Waals surface area contributed by atoms with Crippen LogP contribution in [0.1, 0.15) is 23.1 Å². The van der Waals surface area contributed by atoms with Gasteiger partial charge >= 0.3 is 0 Å². The Morgan fingerprint density at radius 3 is 2.81 bits per heavy atom. The number of fused-ring (bicyclic) bond motifs is 1. The van der Waals surface area contributed by atoms with E-state index in [0.29, 0.717) is 25.3 Å². The first-order valence-corrected chi connectivity index (χ1v) is 8.57. The number of nitrogens with zero attached hydrogens (tertiary/aromatic N) is 4. The van der Waals surface area contributed by atoms with Crippen molar-refractivity contribution in [3.05, 3.63) is 48.0 Å². The Kier molecular flexibility index (Phi) is 5.31. The number of amides is 2. The normalized spacial score (nSPS) is 10.8. The molecule has 0 unspecified atom stereocenters. The Morgan fingerprint density at radius 2 is 2.00 bits per heavy atom. The van der Waals surface area contributed by atoms with Crippen LogP contribution in [-0.2, 0) is 17.9 Å². The van der Waals surface area contributed by atoms with Crippen molar-refractivity contribution in [2.75, 3.05) is 13.1 Å². The smallest absolute Gasteiger partial charge is 0.269 e. The van der Waals surface area contributed by atoms with E-state index in [2.05, 4.69) is 20.7 Å². The number of aryl methyl sites for hydroxylation is 2. The van der Waals surface area contributed by atoms with E-state index < -0.39 is 0 Å². The number of carbonyl (C=O) groups is 2. The summed E-state index contributed by atoms with van der Waals surface area (Å²) in [5.41, 5.74) is 3.18. The van der Waals surface area contributed by atoms with Gasteiger partial charge in [0, 0.05) is 19.6 Å². The van der Waals surface area contributed by atoms with Gasteiger partial charge in [-0.05, 0) is 32.0 Å². The lowest BCUT2D eigenvalue weighted by Crippen LogP contribution is -2.38. The van der Waals surface area contributed by atoms with Crippen LogP contribution >= 0.6 is 0 Å². The molecule has 0 spiro atoms. The van der Waals surface area contributed by atoms with Crippen LogP contribution in [0.2, 0.25) is 0 Å². The Bertz CT molecular complexity index is 927. The van der Waals surface area contributed by atoms with Gasteiger partial charge in [-0.3, -0.25) is 14.3 Å². The highest BCUT2D eigenvalue weighted by Crippen LogP contribution is 2.10. The zero-order valence-corrected chi connectivity index (χ0v) is 14.9. The van der Waals surface area contributed by atoms with Crippen LogP contribution in [0.15, 0.2) is 36.7 Å². The van der Waals surface area contributed by atoms with Crippen LogP contribution in [0.4, 0.5) is 0 Å². The molecule has 3 aromatic rings. The first kappa shape index (κ1) is 17.7. The van der Waals surface area contributed by atoms with E-state index in [0.717, 1.165) is 16.7 Å². The number of hydrogen-bond acceptors (Lipinski definition) is 4. The van der Waals surface area contributed by atoms with Crippen molar-refractivity contribution in [2.45, 2.75) is 26.9 Å². The summed E-state index contributed by atoms with van der Waals surface area (Å²) in [5, 5.41) is 9.66. The molecule has 0 aliphatic carbocycles. The number of carbonyl (C=O) groups excluding carboxylic acids is 2. The van der Waals surface area contributed by atoms with E-state index in [1.165, 1.54) is 0 Å². The van der Waals surface area contributed by atoms with E-state index in [4.69, 9.17) is 0 Å². The third kappa shape index (κ3) is 3.90. The second-order valence-electron chi connectivity index (χ2n) is 5.95. The van der Waals surface area contributed by atoms with Crippen LogP contribution in [-0.4, -0.2) is 44.2 Å². The van der Waals surface area contributed by atoms with Crippen molar-refractivity contribution in [1.29, 1.82) is 0 Å². The van der Waals surface area contributed by atoms with Crippen molar-refractivity contribution in [3.8, 4) is 0 Å². The van der Waals surface area contributed by atoms with Crippen LogP contribution in [0, 0.1) is 6.92 Å². The van der Waals surface area contributed by atoms with Gasteiger partial charge < -0.3 is 15.2 Å². The highest BCUT2D eigenvalue weighted by atomic mass is 16.2. The third-order valence-electron chi connectivity index (χ3n) is 4.05. The number of aromatic nitrogens is 4. The number of hydrogen-bond donors (Lipinski definition) is 2. The number of nitrogens with one attached hydrogen (secondary N) is 2. The third-order valence-corrected chi connectivity index (χ3v) is 4.05. The lowest BCUT2D eigenvalue weighted by Gasteiger charge is -2.09. The minimum atomic E-state index is -0.303. The SMILES string of the molecule is CCn1nc(C)cc1C(=O)NCC(=O)NCCn1cnc2ccccc21. The minimum Gasteiger partial charge on any atom is -0.353 e. The summed E-state index contributed by atoms with van der Waals surface area (Å²) in [6.45, 7) is 5.34. The molecule has 2 heterocycles. The molecule has 2 aromatic heterocycles. The number of para-hydroxylation sites is 2. The van der Waals surface area contributed by atoms with Gasteiger partial charge in [0.15, 0.2) is 0 Å². The molecule has 26 heavy (non-hydrogen) atoms. The standard InChI is InChI=1S/C18H22N6O2/c1-3-24-16(10-13(2)22-24)18(26)20-11-17(25)19-8-9-23-12-21-14-6-4-5-7-15(14)23/h4-7,10,12H,3,8-9,11H2,1-2H3,(H,19,25)(H,20,26). The van der Waals surface area contributed by atoms with E-state index >= 15 is 0 Å². The predicted octanol–water partition coefficient (Wildman–Crippen LogP) is 1.11. The Morgan fingerprint density at radius 1 is 1.19 bits per heavy atom. The zero-order valence-electron chi connectivity index (χ0n) is 14.9. The maximum absolute atomic E-state index is 12.2. The lowest BCUT2D eigenvalue weighted by molar-refractivity contribution is -0.120. The second kappa shape index (κ2) is 7.81. The monoisotopic (exact) mass is 354 g/mol. The van der Waals surface area contributed by atoms with Crippen LogP contribution in [0.5, 0.6) is 0 Å². The number of imidazole rings is 1. The molecular formula is C18H22N6O2. The number of rotatable bonds is 7. The Labute approximate surface area is 151 Å². The fourth-order valence-corrected chi connectivity index (χ4v) is 2.79. The van der Waals surface area contributed by atoms with Gasteiger partial charge in [0.1, 0.15) is 5.69 Å². The molecule has 8 heteroatoms. The summed E-state index contributed by atoms with van der Waals surface area (Å²) in [4.78, 5) is 28.5. The van der Waals surface area contributed by atoms with Crippen LogP contribution < -0.4 is 10.6 Å². The predicted molar refractivity (Wildman–Crippen MR) is 97.7 cm³/mol. The molecule has 0 bridgehead atoms. The van der Waals surface area contributed by atoms with Crippen molar-refractivity contribution in [2.24, 2.45) is 0 Å². The molecule has 3 rings (SSSR count). The van der Waals surface area contributed by atoms with E-state index in [1.807, 2.05) is 42.7 Å². The first-order chi connectivity index (χ1) is 12.6. The molecule has 0 fully saturated rings. The quantitative estimate of drug-likeness (QED) is 0.664. The van der Waals surface area contributed by atoms with Gasteiger partial charge in [0.2, 0.25) is 5.91 Å². The average Bonchev–Trinajstić information content (AvgIpc) is 3.23. The van der Waals surface area contributed by atoms with Gasteiger partial charge in [0.05, 0.1) is 29.6 Å². The average molecular weight is 354 g/mol. The highest BCUT2D eigenvalue weighted by molar-refractivity contribution is 5.95. The van der Waals surface area contributed by atoms with Gasteiger partial charge in [-0.1, -0.05) is 12.1 Å². The fraction of sp³-hybridized carbons (Fsp3) is 0.333. The Balaban J connectivity index is 1.46. The number of benzene rings is 1. The summed E-state index contributed by atoms with van der Waals surface area (Å²) in [5.74, 6) is -0.537. The van der Waals surface area contributed by atoms with Crippen molar-refractivity contribution in [3.63, 3.8) is 0 Å². The maximum atomic E-state index is 12.2. The summed E-state index contributed by atoms with van der Waals surface area (Å²) >= 11 is 0. The molecular weight excluding hydrogens is 332 g/mol. The summed E-state index contributed by atoms with van der Waals surface area (Å²) in [6, 6.07) is 9.54. The lowest BCUT2D eigenvalue weighted by atomic mass is 10.3. The topological polar surface area (TPSA) is 93.8 Å². The summed E-state index contributed by atoms with van der Waals surface area (Å²) < 4.78 is 3.60. The highest BCUT2D eigenvalue weighted by Gasteiger charge is 2.14. The second-order valence-corrected chi connectivity index (χ2v) is 5.95. The van der Waals surface area contributed by atoms with Gasteiger partial charge in [-0.2, -0.15) is 5.10 Å². The first-order valence-electron chi connectivity index (χ1n) is 8.57. The summed E-state index contributed by atoms with van der Waals surface area (Å²) in [6.07, 6.45) is 1.76. The molecule has 0 aliphatic heterocycles. The Hall–Kier alpha value is -3.16. The molecule has 0 radical (unpaired) electrons. The molecule has 1 aromatic carbocycles. The zero-order chi connectivity index (χ0) is 18.5. The molecule has 0 atom stereocenters. The molecule has 2 amide bonds. The largest absolute Gasteiger partial charge is 0.353 e. The molecule has 0 aliphatic rings. The van der Waals surface area contributed by atoms with E-state index in [-0.39, 0.29) is 18.4 Å². The van der Waals surface area contributed by atoms with E-state index in [9.17, 15) is 9.59 Å². The van der Waals surface area contributed by atoms with Crippen molar-refractivity contribution < 1.29 is 9.59 Å². The summed E-state index contributed by atoms with van der Waals surface area (Å²) in [7, 11) is 0. The van der Waals surface area contributed by atoms with Crippen molar-refractivity contribution in [1.82, 2.24) is 30.0 Å². The molecule has 0 saturated heterocycles. The van der Waals surface area contributed by atoms with Gasteiger partial charge in [-0.15, -0.1) is 0 Å². The molecule has 8 nitrogen and oxygen atoms in total. The van der Waals surface area contributed by atoms with E-state index in [1.54, 1.807) is 17.1 Å². The molecule has 136 valence electrons. The van der Waals surface area contributed by atoms with Crippen LogP contribution in [0.3, 0.4) is 0 Å². The van der Waals surface area contributed by atoms with Crippen LogP contribution in [0.25, 0.3) is 11.0 Å². The maximum Gasteiger partial charge on any atom is 0.269 e. The molecule has 0 saturated carbocycles. The fourth-order valence-electron chi connectivity index (χ4n) is 2.79.